The maximum Gasteiger partial charge on any atom is 0.270 e. The van der Waals surface area contributed by atoms with Crippen molar-refractivity contribution in [2.24, 2.45) is 5.73 Å². The quantitative estimate of drug-likeness (QED) is 0.644. The van der Waals surface area contributed by atoms with E-state index in [2.05, 4.69) is 11.0 Å². The highest BCUT2D eigenvalue weighted by Gasteiger charge is 2.23. The number of nitro groups is 1. The second-order valence-electron chi connectivity index (χ2n) is 6.34. The first-order valence-electron chi connectivity index (χ1n) is 8.48. The van der Waals surface area contributed by atoms with Crippen LogP contribution in [0.1, 0.15) is 18.4 Å². The molecule has 6 heteroatoms. The van der Waals surface area contributed by atoms with Crippen LogP contribution in [0.25, 0.3) is 11.1 Å². The molecule has 0 bridgehead atoms. The molecule has 0 aromatic heterocycles. The van der Waals surface area contributed by atoms with Crippen molar-refractivity contribution in [2.45, 2.75) is 25.4 Å². The SMILES string of the molecule is COc1ccc(CN2CCC[C@H]2CN)cc1-c1cccc([N+](=O)[O-])c1. The zero-order valence-corrected chi connectivity index (χ0v) is 14.4. The number of benzene rings is 2. The van der Waals surface area contributed by atoms with Crippen molar-refractivity contribution in [1.82, 2.24) is 4.90 Å². The average Bonchev–Trinajstić information content (AvgIpc) is 3.09. The normalized spacial score (nSPS) is 17.6. The molecule has 1 aliphatic rings. The van der Waals surface area contributed by atoms with Crippen molar-refractivity contribution >= 4 is 5.69 Å². The van der Waals surface area contributed by atoms with E-state index in [0.717, 1.165) is 36.2 Å². The number of likely N-dealkylation sites (tertiary alicyclic amines) is 1. The summed E-state index contributed by atoms with van der Waals surface area (Å²) >= 11 is 0. The molecule has 1 saturated heterocycles. The highest BCUT2D eigenvalue weighted by molar-refractivity contribution is 5.73. The van der Waals surface area contributed by atoms with Gasteiger partial charge in [0.15, 0.2) is 0 Å². The third kappa shape index (κ3) is 3.81. The largest absolute Gasteiger partial charge is 0.496 e. The van der Waals surface area contributed by atoms with Gasteiger partial charge in [-0.2, -0.15) is 0 Å². The average molecular weight is 341 g/mol. The molecular formula is C19H23N3O3. The van der Waals surface area contributed by atoms with Gasteiger partial charge in [0, 0.05) is 36.8 Å². The lowest BCUT2D eigenvalue weighted by molar-refractivity contribution is -0.384. The van der Waals surface area contributed by atoms with Crippen molar-refractivity contribution in [1.29, 1.82) is 0 Å². The van der Waals surface area contributed by atoms with Gasteiger partial charge in [-0.3, -0.25) is 15.0 Å². The third-order valence-corrected chi connectivity index (χ3v) is 4.79. The summed E-state index contributed by atoms with van der Waals surface area (Å²) in [6.07, 6.45) is 2.32. The first-order chi connectivity index (χ1) is 12.1. The van der Waals surface area contributed by atoms with Crippen LogP contribution in [0.15, 0.2) is 42.5 Å². The number of nitro benzene ring substituents is 1. The van der Waals surface area contributed by atoms with Gasteiger partial charge in [0.05, 0.1) is 12.0 Å². The van der Waals surface area contributed by atoms with E-state index in [1.54, 1.807) is 19.2 Å². The molecule has 1 atom stereocenters. The lowest BCUT2D eigenvalue weighted by Crippen LogP contribution is -2.34. The maximum atomic E-state index is 11.1. The van der Waals surface area contributed by atoms with Gasteiger partial charge in [0.2, 0.25) is 0 Å². The standard InChI is InChI=1S/C19H23N3O3/c1-25-19-8-7-14(13-21-9-3-6-17(21)12-20)10-18(19)15-4-2-5-16(11-15)22(23)24/h2,4-5,7-8,10-11,17H,3,6,9,12-13,20H2,1H3/t17-/m0/s1. The van der Waals surface area contributed by atoms with Crippen LogP contribution in [0.2, 0.25) is 0 Å². The molecule has 1 aliphatic heterocycles. The van der Waals surface area contributed by atoms with E-state index in [1.165, 1.54) is 12.5 Å². The van der Waals surface area contributed by atoms with Crippen molar-refractivity contribution < 1.29 is 9.66 Å². The van der Waals surface area contributed by atoms with Gasteiger partial charge in [-0.25, -0.2) is 0 Å². The zero-order valence-electron chi connectivity index (χ0n) is 14.4. The van der Waals surface area contributed by atoms with E-state index in [9.17, 15) is 10.1 Å². The molecule has 25 heavy (non-hydrogen) atoms. The number of ether oxygens (including phenoxy) is 1. The number of methoxy groups -OCH3 is 1. The summed E-state index contributed by atoms with van der Waals surface area (Å²) in [5.74, 6) is 0.709. The molecule has 3 rings (SSSR count). The number of nitrogens with two attached hydrogens (primary N) is 1. The van der Waals surface area contributed by atoms with Crippen molar-refractivity contribution in [3.05, 3.63) is 58.1 Å². The van der Waals surface area contributed by atoms with Crippen LogP contribution in [0, 0.1) is 10.1 Å². The molecule has 0 amide bonds. The Morgan fingerprint density at radius 3 is 2.88 bits per heavy atom. The van der Waals surface area contributed by atoms with Crippen LogP contribution in [0.4, 0.5) is 5.69 Å². The second kappa shape index (κ2) is 7.63. The summed E-state index contributed by atoms with van der Waals surface area (Å²) in [5.41, 5.74) is 8.75. The second-order valence-corrected chi connectivity index (χ2v) is 6.34. The molecule has 0 spiro atoms. The number of hydrogen-bond donors (Lipinski definition) is 1. The van der Waals surface area contributed by atoms with Crippen LogP contribution in [-0.4, -0.2) is 36.1 Å². The van der Waals surface area contributed by atoms with Gasteiger partial charge >= 0.3 is 0 Å². The molecule has 1 heterocycles. The third-order valence-electron chi connectivity index (χ3n) is 4.79. The van der Waals surface area contributed by atoms with Crippen LogP contribution in [-0.2, 0) is 6.54 Å². The predicted octanol–water partition coefficient (Wildman–Crippen LogP) is 3.19. The van der Waals surface area contributed by atoms with E-state index < -0.39 is 0 Å². The van der Waals surface area contributed by atoms with Crippen molar-refractivity contribution in [3.8, 4) is 16.9 Å². The van der Waals surface area contributed by atoms with Gasteiger partial charge < -0.3 is 10.5 Å². The molecular weight excluding hydrogens is 318 g/mol. The van der Waals surface area contributed by atoms with E-state index >= 15 is 0 Å². The molecule has 0 radical (unpaired) electrons. The smallest absolute Gasteiger partial charge is 0.270 e. The Labute approximate surface area is 147 Å². The molecule has 0 aliphatic carbocycles. The summed E-state index contributed by atoms with van der Waals surface area (Å²) in [6, 6.07) is 13.1. The highest BCUT2D eigenvalue weighted by Crippen LogP contribution is 2.33. The minimum Gasteiger partial charge on any atom is -0.496 e. The maximum absolute atomic E-state index is 11.1. The minimum atomic E-state index is -0.379. The fraction of sp³-hybridized carbons (Fsp3) is 0.368. The molecule has 1 fully saturated rings. The zero-order chi connectivity index (χ0) is 17.8. The Bertz CT molecular complexity index is 763. The molecule has 0 unspecified atom stereocenters. The molecule has 2 aromatic carbocycles. The van der Waals surface area contributed by atoms with Gasteiger partial charge in [-0.05, 0) is 42.6 Å². The van der Waals surface area contributed by atoms with Gasteiger partial charge in [0.1, 0.15) is 5.75 Å². The summed E-state index contributed by atoms with van der Waals surface area (Å²) in [7, 11) is 1.61. The predicted molar refractivity (Wildman–Crippen MR) is 97.6 cm³/mol. The van der Waals surface area contributed by atoms with Crippen molar-refractivity contribution in [3.63, 3.8) is 0 Å². The number of hydrogen-bond acceptors (Lipinski definition) is 5. The van der Waals surface area contributed by atoms with Crippen LogP contribution >= 0.6 is 0 Å². The molecule has 2 aromatic rings. The lowest BCUT2D eigenvalue weighted by atomic mass is 10.0. The number of nitrogens with zero attached hydrogens (tertiary/aromatic N) is 2. The Kier molecular flexibility index (Phi) is 5.31. The summed E-state index contributed by atoms with van der Waals surface area (Å²) in [6.45, 7) is 2.56. The highest BCUT2D eigenvalue weighted by atomic mass is 16.6. The Morgan fingerprint density at radius 1 is 1.32 bits per heavy atom. The summed E-state index contributed by atoms with van der Waals surface area (Å²) in [4.78, 5) is 13.1. The first kappa shape index (κ1) is 17.4. The lowest BCUT2D eigenvalue weighted by Gasteiger charge is -2.23. The molecule has 0 saturated carbocycles. The topological polar surface area (TPSA) is 81.6 Å². The number of rotatable bonds is 6. The number of non-ortho nitro benzene ring substituents is 1. The molecule has 2 N–H and O–H groups in total. The van der Waals surface area contributed by atoms with E-state index in [4.69, 9.17) is 10.5 Å². The monoisotopic (exact) mass is 341 g/mol. The fourth-order valence-corrected chi connectivity index (χ4v) is 3.47. The first-order valence-corrected chi connectivity index (χ1v) is 8.48. The van der Waals surface area contributed by atoms with E-state index in [1.807, 2.05) is 18.2 Å². The summed E-state index contributed by atoms with van der Waals surface area (Å²) < 4.78 is 5.46. The van der Waals surface area contributed by atoms with Crippen LogP contribution < -0.4 is 10.5 Å². The van der Waals surface area contributed by atoms with E-state index in [-0.39, 0.29) is 10.6 Å². The van der Waals surface area contributed by atoms with Crippen LogP contribution in [0.3, 0.4) is 0 Å². The Morgan fingerprint density at radius 2 is 2.16 bits per heavy atom. The minimum absolute atomic E-state index is 0.0766. The fourth-order valence-electron chi connectivity index (χ4n) is 3.47. The Hall–Kier alpha value is -2.44. The van der Waals surface area contributed by atoms with Gasteiger partial charge in [-0.1, -0.05) is 18.2 Å². The van der Waals surface area contributed by atoms with E-state index in [0.29, 0.717) is 18.3 Å². The van der Waals surface area contributed by atoms with Gasteiger partial charge in [-0.15, -0.1) is 0 Å². The Balaban J connectivity index is 1.93. The summed E-state index contributed by atoms with van der Waals surface area (Å²) in [5, 5.41) is 11.1. The van der Waals surface area contributed by atoms with Crippen LogP contribution in [0.5, 0.6) is 5.75 Å². The molecule has 6 nitrogen and oxygen atoms in total. The van der Waals surface area contributed by atoms with Gasteiger partial charge in [0.25, 0.3) is 5.69 Å². The molecule has 132 valence electrons. The van der Waals surface area contributed by atoms with Crippen molar-refractivity contribution in [2.75, 3.05) is 20.2 Å².